The fourth-order valence-electron chi connectivity index (χ4n) is 3.91. The quantitative estimate of drug-likeness (QED) is 0.376. The molecule has 0 spiro atoms. The van der Waals surface area contributed by atoms with Gasteiger partial charge in [0, 0.05) is 5.69 Å². The number of carbonyl (C=O) groups is 2. The Hall–Kier alpha value is -4.02. The first-order chi connectivity index (χ1) is 16.9. The van der Waals surface area contributed by atoms with E-state index >= 15 is 0 Å². The van der Waals surface area contributed by atoms with Crippen molar-refractivity contribution in [1.82, 2.24) is 0 Å². The van der Waals surface area contributed by atoms with Crippen molar-refractivity contribution in [2.24, 2.45) is 0 Å². The van der Waals surface area contributed by atoms with Crippen LogP contribution in [-0.2, 0) is 16.0 Å². The Bertz CT molecular complexity index is 1340. The van der Waals surface area contributed by atoms with Crippen LogP contribution in [0.3, 0.4) is 0 Å². The van der Waals surface area contributed by atoms with Crippen LogP contribution in [0.1, 0.15) is 16.7 Å². The molecule has 3 aromatic carbocycles. The zero-order chi connectivity index (χ0) is 24.9. The van der Waals surface area contributed by atoms with Crippen LogP contribution in [0.5, 0.6) is 5.75 Å². The van der Waals surface area contributed by atoms with Crippen molar-refractivity contribution in [3.8, 4) is 11.8 Å². The fourth-order valence-corrected chi connectivity index (χ4v) is 5.21. The SMILES string of the molecule is COc1ccc(C[C@@H]2S/C(=C(/C#N)C(=O)Nc3cccc(C)c3)N(c3ccccc3C)C2=O)cc1. The van der Waals surface area contributed by atoms with Crippen LogP contribution in [-0.4, -0.2) is 24.2 Å². The molecule has 0 aromatic heterocycles. The molecule has 7 heteroatoms. The van der Waals surface area contributed by atoms with Gasteiger partial charge in [0.25, 0.3) is 5.91 Å². The topological polar surface area (TPSA) is 82.4 Å². The molecule has 1 heterocycles. The molecule has 3 aromatic rings. The number of para-hydroxylation sites is 1. The molecule has 0 bridgehead atoms. The number of anilines is 2. The number of amides is 2. The van der Waals surface area contributed by atoms with Gasteiger partial charge in [-0.25, -0.2) is 0 Å². The number of thioether (sulfide) groups is 1. The predicted octanol–water partition coefficient (Wildman–Crippen LogP) is 5.38. The molecule has 1 atom stereocenters. The van der Waals surface area contributed by atoms with Crippen molar-refractivity contribution in [3.63, 3.8) is 0 Å². The predicted molar refractivity (Wildman–Crippen MR) is 139 cm³/mol. The Morgan fingerprint density at radius 2 is 1.83 bits per heavy atom. The number of hydrogen-bond acceptors (Lipinski definition) is 5. The van der Waals surface area contributed by atoms with Crippen molar-refractivity contribution in [3.05, 3.63) is 100 Å². The van der Waals surface area contributed by atoms with Gasteiger partial charge >= 0.3 is 0 Å². The average Bonchev–Trinajstić information content (AvgIpc) is 3.15. The molecule has 0 saturated carbocycles. The summed E-state index contributed by atoms with van der Waals surface area (Å²) in [5, 5.41) is 12.7. The highest BCUT2D eigenvalue weighted by molar-refractivity contribution is 8.05. The molecule has 2 amide bonds. The van der Waals surface area contributed by atoms with E-state index in [0.717, 1.165) is 22.4 Å². The van der Waals surface area contributed by atoms with Crippen LogP contribution in [0.25, 0.3) is 0 Å². The number of nitriles is 1. The third kappa shape index (κ3) is 5.23. The maximum Gasteiger partial charge on any atom is 0.269 e. The Balaban J connectivity index is 1.72. The van der Waals surface area contributed by atoms with Crippen LogP contribution < -0.4 is 15.0 Å². The number of nitrogens with zero attached hydrogens (tertiary/aromatic N) is 2. The number of methoxy groups -OCH3 is 1. The molecule has 1 saturated heterocycles. The van der Waals surface area contributed by atoms with Gasteiger partial charge in [-0.1, -0.05) is 54.2 Å². The van der Waals surface area contributed by atoms with Crippen LogP contribution in [0.2, 0.25) is 0 Å². The first-order valence-electron chi connectivity index (χ1n) is 11.1. The van der Waals surface area contributed by atoms with Crippen LogP contribution in [0.4, 0.5) is 11.4 Å². The van der Waals surface area contributed by atoms with Gasteiger partial charge < -0.3 is 10.1 Å². The molecule has 1 N–H and O–H groups in total. The Morgan fingerprint density at radius 1 is 1.09 bits per heavy atom. The molecular formula is C28H25N3O3S. The van der Waals surface area contributed by atoms with E-state index in [9.17, 15) is 14.9 Å². The number of rotatable bonds is 6. The van der Waals surface area contributed by atoms with Crippen molar-refractivity contribution in [2.75, 3.05) is 17.3 Å². The van der Waals surface area contributed by atoms with Gasteiger partial charge in [0.15, 0.2) is 0 Å². The molecule has 1 aliphatic rings. The summed E-state index contributed by atoms with van der Waals surface area (Å²) in [6.45, 7) is 3.83. The normalized spacial score (nSPS) is 16.6. The Labute approximate surface area is 209 Å². The molecule has 0 radical (unpaired) electrons. The van der Waals surface area contributed by atoms with E-state index in [0.29, 0.717) is 22.8 Å². The van der Waals surface area contributed by atoms with Gasteiger partial charge in [-0.05, 0) is 67.3 Å². The second kappa shape index (κ2) is 10.5. The highest BCUT2D eigenvalue weighted by Gasteiger charge is 2.41. The van der Waals surface area contributed by atoms with Crippen LogP contribution in [0.15, 0.2) is 83.4 Å². The number of hydrogen-bond donors (Lipinski definition) is 1. The standard InChI is InChI=1S/C28H25N3O3S/c1-18-7-6-9-21(15-18)30-26(32)23(17-29)28-31(24-10-5-4-8-19(24)2)27(33)25(35-28)16-20-11-13-22(34-3)14-12-20/h4-15,25H,16H2,1-3H3,(H,30,32)/b28-23-/t25-/m0/s1. The van der Waals surface area contributed by atoms with Gasteiger partial charge in [-0.15, -0.1) is 0 Å². The molecule has 4 rings (SSSR count). The number of nitrogens with one attached hydrogen (secondary N) is 1. The first kappa shape index (κ1) is 24.1. The maximum atomic E-state index is 13.6. The lowest BCUT2D eigenvalue weighted by Crippen LogP contribution is -2.31. The van der Waals surface area contributed by atoms with Crippen molar-refractivity contribution < 1.29 is 14.3 Å². The zero-order valence-electron chi connectivity index (χ0n) is 19.7. The largest absolute Gasteiger partial charge is 0.497 e. The van der Waals surface area contributed by atoms with Gasteiger partial charge in [-0.2, -0.15) is 5.26 Å². The van der Waals surface area contributed by atoms with E-state index in [1.165, 1.54) is 16.7 Å². The van der Waals surface area contributed by atoms with Gasteiger partial charge in [0.1, 0.15) is 22.4 Å². The van der Waals surface area contributed by atoms with Crippen LogP contribution >= 0.6 is 11.8 Å². The van der Waals surface area contributed by atoms with Crippen molar-refractivity contribution in [1.29, 1.82) is 5.26 Å². The molecular weight excluding hydrogens is 458 g/mol. The molecule has 176 valence electrons. The van der Waals surface area contributed by atoms with E-state index in [1.807, 2.05) is 80.6 Å². The molecule has 35 heavy (non-hydrogen) atoms. The second-order valence-corrected chi connectivity index (χ2v) is 9.43. The minimum atomic E-state index is -0.544. The summed E-state index contributed by atoms with van der Waals surface area (Å²) in [7, 11) is 1.60. The summed E-state index contributed by atoms with van der Waals surface area (Å²) in [4.78, 5) is 28.4. The molecule has 6 nitrogen and oxygen atoms in total. The van der Waals surface area contributed by atoms with E-state index in [2.05, 4.69) is 11.4 Å². The van der Waals surface area contributed by atoms with Gasteiger partial charge in [0.2, 0.25) is 5.91 Å². The lowest BCUT2D eigenvalue weighted by molar-refractivity contribution is -0.117. The van der Waals surface area contributed by atoms with Gasteiger partial charge in [0.05, 0.1) is 18.0 Å². The Morgan fingerprint density at radius 3 is 2.49 bits per heavy atom. The zero-order valence-corrected chi connectivity index (χ0v) is 20.6. The maximum absolute atomic E-state index is 13.6. The first-order valence-corrected chi connectivity index (χ1v) is 12.0. The molecule has 1 aliphatic heterocycles. The van der Waals surface area contributed by atoms with E-state index in [4.69, 9.17) is 4.74 Å². The number of benzene rings is 3. The van der Waals surface area contributed by atoms with E-state index in [1.54, 1.807) is 13.2 Å². The molecule has 0 unspecified atom stereocenters. The van der Waals surface area contributed by atoms with Gasteiger partial charge in [-0.3, -0.25) is 14.5 Å². The van der Waals surface area contributed by atoms with Crippen molar-refractivity contribution in [2.45, 2.75) is 25.5 Å². The summed E-state index contributed by atoms with van der Waals surface area (Å²) >= 11 is 1.25. The van der Waals surface area contributed by atoms with Crippen LogP contribution in [0, 0.1) is 25.2 Å². The minimum Gasteiger partial charge on any atom is -0.497 e. The average molecular weight is 484 g/mol. The summed E-state index contributed by atoms with van der Waals surface area (Å²) in [5.74, 6) is 0.0316. The monoisotopic (exact) mass is 483 g/mol. The fraction of sp³-hybridized carbons (Fsp3) is 0.179. The number of carbonyl (C=O) groups excluding carboxylic acids is 2. The van der Waals surface area contributed by atoms with E-state index < -0.39 is 11.2 Å². The van der Waals surface area contributed by atoms with E-state index in [-0.39, 0.29) is 11.5 Å². The lowest BCUT2D eigenvalue weighted by Gasteiger charge is -2.20. The number of aryl methyl sites for hydroxylation is 2. The third-order valence-electron chi connectivity index (χ3n) is 5.72. The minimum absolute atomic E-state index is 0.0923. The van der Waals surface area contributed by atoms with Crippen molar-refractivity contribution >= 4 is 35.0 Å². The second-order valence-electron chi connectivity index (χ2n) is 8.23. The number of ether oxygens (including phenoxy) is 1. The highest BCUT2D eigenvalue weighted by Crippen LogP contribution is 2.43. The Kier molecular flexibility index (Phi) is 7.23. The third-order valence-corrected chi connectivity index (χ3v) is 6.98. The summed E-state index contributed by atoms with van der Waals surface area (Å²) in [5.41, 5.74) is 3.99. The lowest BCUT2D eigenvalue weighted by atomic mass is 10.1. The highest BCUT2D eigenvalue weighted by atomic mass is 32.2. The smallest absolute Gasteiger partial charge is 0.269 e. The summed E-state index contributed by atoms with van der Waals surface area (Å²) < 4.78 is 5.23. The summed E-state index contributed by atoms with van der Waals surface area (Å²) in [6, 6.07) is 24.4. The molecule has 1 fully saturated rings. The summed E-state index contributed by atoms with van der Waals surface area (Å²) in [6.07, 6.45) is 0.456. The molecule has 0 aliphatic carbocycles.